The molecule has 0 radical (unpaired) electrons. The van der Waals surface area contributed by atoms with Gasteiger partial charge in [0.1, 0.15) is 18.2 Å². The number of hydrogen-bond donors (Lipinski definition) is 1. The molecular formula is C19H24N4O. The zero-order valence-electron chi connectivity index (χ0n) is 13.9. The fourth-order valence-electron chi connectivity index (χ4n) is 3.40. The van der Waals surface area contributed by atoms with Gasteiger partial charge < -0.3 is 15.0 Å². The van der Waals surface area contributed by atoms with Gasteiger partial charge in [0.2, 0.25) is 0 Å². The van der Waals surface area contributed by atoms with E-state index in [9.17, 15) is 0 Å². The number of anilines is 1. The molecule has 5 heteroatoms. The maximum atomic E-state index is 5.77. The summed E-state index contributed by atoms with van der Waals surface area (Å²) in [7, 11) is 0. The van der Waals surface area contributed by atoms with Crippen LogP contribution in [0.4, 0.5) is 5.82 Å². The van der Waals surface area contributed by atoms with Crippen LogP contribution < -0.4 is 15.0 Å². The first-order valence-electron chi connectivity index (χ1n) is 8.72. The van der Waals surface area contributed by atoms with Gasteiger partial charge in [-0.15, -0.1) is 0 Å². The highest BCUT2D eigenvalue weighted by atomic mass is 16.5. The number of nitrogens with one attached hydrogen (secondary N) is 1. The molecule has 2 aromatic rings. The number of benzene rings is 1. The number of pyridine rings is 1. The SMILES string of the molecule is c1ccc(N2CCN(Cc3ccc4c(c3)CNCCO4)CC2)nc1. The number of nitrogens with zero attached hydrogens (tertiary/aromatic N) is 3. The van der Waals surface area contributed by atoms with Gasteiger partial charge in [0.05, 0.1) is 0 Å². The molecule has 24 heavy (non-hydrogen) atoms. The quantitative estimate of drug-likeness (QED) is 0.934. The van der Waals surface area contributed by atoms with Gasteiger partial charge in [-0.2, -0.15) is 0 Å². The molecule has 1 N–H and O–H groups in total. The number of aromatic nitrogens is 1. The van der Waals surface area contributed by atoms with Gasteiger partial charge in [0, 0.05) is 57.6 Å². The van der Waals surface area contributed by atoms with Crippen molar-refractivity contribution in [1.82, 2.24) is 15.2 Å². The van der Waals surface area contributed by atoms with Gasteiger partial charge in [-0.25, -0.2) is 4.98 Å². The highest BCUT2D eigenvalue weighted by Crippen LogP contribution is 2.23. The fourth-order valence-corrected chi connectivity index (χ4v) is 3.40. The van der Waals surface area contributed by atoms with Crippen molar-refractivity contribution in [3.05, 3.63) is 53.7 Å². The molecule has 4 rings (SSSR count). The van der Waals surface area contributed by atoms with Crippen LogP contribution in [0.3, 0.4) is 0 Å². The summed E-state index contributed by atoms with van der Waals surface area (Å²) in [6, 6.07) is 12.7. The average Bonchev–Trinajstić information content (AvgIpc) is 2.88. The summed E-state index contributed by atoms with van der Waals surface area (Å²) in [5.41, 5.74) is 2.64. The second-order valence-corrected chi connectivity index (χ2v) is 6.42. The minimum atomic E-state index is 0.752. The van der Waals surface area contributed by atoms with Crippen molar-refractivity contribution in [2.75, 3.05) is 44.2 Å². The topological polar surface area (TPSA) is 40.6 Å². The lowest BCUT2D eigenvalue weighted by molar-refractivity contribution is 0.249. The van der Waals surface area contributed by atoms with E-state index in [1.54, 1.807) is 0 Å². The van der Waals surface area contributed by atoms with Gasteiger partial charge in [-0.05, 0) is 29.8 Å². The minimum absolute atomic E-state index is 0.752. The second-order valence-electron chi connectivity index (χ2n) is 6.42. The maximum absolute atomic E-state index is 5.77. The third-order valence-corrected chi connectivity index (χ3v) is 4.73. The van der Waals surface area contributed by atoms with Gasteiger partial charge in [0.25, 0.3) is 0 Å². The van der Waals surface area contributed by atoms with Crippen molar-refractivity contribution in [3.63, 3.8) is 0 Å². The Kier molecular flexibility index (Phi) is 4.62. The molecule has 2 aliphatic heterocycles. The van der Waals surface area contributed by atoms with Gasteiger partial charge in [-0.1, -0.05) is 12.1 Å². The smallest absolute Gasteiger partial charge is 0.128 e. The lowest BCUT2D eigenvalue weighted by Gasteiger charge is -2.35. The molecule has 0 unspecified atom stereocenters. The first kappa shape index (κ1) is 15.4. The Morgan fingerprint density at radius 3 is 2.83 bits per heavy atom. The molecule has 1 aromatic carbocycles. The van der Waals surface area contributed by atoms with Crippen LogP contribution in [0.2, 0.25) is 0 Å². The molecule has 2 aliphatic rings. The Morgan fingerprint density at radius 2 is 2.00 bits per heavy atom. The number of hydrogen-bond acceptors (Lipinski definition) is 5. The third-order valence-electron chi connectivity index (χ3n) is 4.73. The van der Waals surface area contributed by atoms with E-state index in [4.69, 9.17) is 4.74 Å². The normalized spacial score (nSPS) is 18.6. The summed E-state index contributed by atoms with van der Waals surface area (Å²) in [5, 5.41) is 3.41. The third kappa shape index (κ3) is 3.52. The van der Waals surface area contributed by atoms with E-state index < -0.39 is 0 Å². The number of ether oxygens (including phenoxy) is 1. The maximum Gasteiger partial charge on any atom is 0.128 e. The van der Waals surface area contributed by atoms with Crippen LogP contribution in [0, 0.1) is 0 Å². The standard InChI is InChI=1S/C19H24N4O/c1-2-6-21-19(3-1)23-10-8-22(9-11-23)15-16-4-5-18-17(13-16)14-20-7-12-24-18/h1-6,13,20H,7-12,14-15H2. The summed E-state index contributed by atoms with van der Waals surface area (Å²) in [4.78, 5) is 9.34. The van der Waals surface area contributed by atoms with E-state index in [1.807, 2.05) is 12.3 Å². The summed E-state index contributed by atoms with van der Waals surface area (Å²) < 4.78 is 5.77. The van der Waals surface area contributed by atoms with Crippen molar-refractivity contribution in [3.8, 4) is 5.75 Å². The van der Waals surface area contributed by atoms with Gasteiger partial charge in [0.15, 0.2) is 0 Å². The second kappa shape index (κ2) is 7.20. The molecule has 0 amide bonds. The molecular weight excluding hydrogens is 300 g/mol. The minimum Gasteiger partial charge on any atom is -0.492 e. The Labute approximate surface area is 143 Å². The average molecular weight is 324 g/mol. The van der Waals surface area contributed by atoms with E-state index in [2.05, 4.69) is 50.4 Å². The Balaban J connectivity index is 1.36. The molecule has 0 atom stereocenters. The van der Waals surface area contributed by atoms with Crippen molar-refractivity contribution >= 4 is 5.82 Å². The number of fused-ring (bicyclic) bond motifs is 1. The Hall–Kier alpha value is -2.11. The molecule has 1 aromatic heterocycles. The van der Waals surface area contributed by atoms with E-state index >= 15 is 0 Å². The molecule has 0 saturated carbocycles. The van der Waals surface area contributed by atoms with Crippen molar-refractivity contribution in [2.45, 2.75) is 13.1 Å². The Bertz CT molecular complexity index is 668. The zero-order chi connectivity index (χ0) is 16.2. The van der Waals surface area contributed by atoms with Gasteiger partial charge in [-0.3, -0.25) is 4.90 Å². The van der Waals surface area contributed by atoms with E-state index in [1.165, 1.54) is 11.1 Å². The lowest BCUT2D eigenvalue weighted by Crippen LogP contribution is -2.46. The predicted octanol–water partition coefficient (Wildman–Crippen LogP) is 1.89. The first-order valence-corrected chi connectivity index (χ1v) is 8.72. The first-order chi connectivity index (χ1) is 11.9. The van der Waals surface area contributed by atoms with Crippen molar-refractivity contribution in [2.24, 2.45) is 0 Å². The molecule has 1 fully saturated rings. The van der Waals surface area contributed by atoms with Crippen LogP contribution in [-0.2, 0) is 13.1 Å². The monoisotopic (exact) mass is 324 g/mol. The summed E-state index contributed by atoms with van der Waals surface area (Å²) in [6.07, 6.45) is 1.87. The predicted molar refractivity (Wildman–Crippen MR) is 95.4 cm³/mol. The highest BCUT2D eigenvalue weighted by molar-refractivity contribution is 5.39. The number of rotatable bonds is 3. The zero-order valence-corrected chi connectivity index (χ0v) is 13.9. The molecule has 126 valence electrons. The van der Waals surface area contributed by atoms with Crippen LogP contribution in [0.25, 0.3) is 0 Å². The fraction of sp³-hybridized carbons (Fsp3) is 0.421. The molecule has 0 aliphatic carbocycles. The summed E-state index contributed by atoms with van der Waals surface area (Å²) in [6.45, 7) is 7.78. The van der Waals surface area contributed by atoms with Crippen LogP contribution in [0.1, 0.15) is 11.1 Å². The van der Waals surface area contributed by atoms with E-state index in [0.717, 1.165) is 64.0 Å². The van der Waals surface area contributed by atoms with Crippen molar-refractivity contribution in [1.29, 1.82) is 0 Å². The van der Waals surface area contributed by atoms with Crippen molar-refractivity contribution < 1.29 is 4.74 Å². The van der Waals surface area contributed by atoms with Crippen LogP contribution >= 0.6 is 0 Å². The largest absolute Gasteiger partial charge is 0.492 e. The van der Waals surface area contributed by atoms with Gasteiger partial charge >= 0.3 is 0 Å². The molecule has 0 bridgehead atoms. The number of piperazine rings is 1. The molecule has 3 heterocycles. The summed E-state index contributed by atoms with van der Waals surface area (Å²) >= 11 is 0. The van der Waals surface area contributed by atoms with Crippen LogP contribution in [-0.4, -0.2) is 49.2 Å². The molecule has 1 saturated heterocycles. The highest BCUT2D eigenvalue weighted by Gasteiger charge is 2.18. The Morgan fingerprint density at radius 1 is 1.08 bits per heavy atom. The van der Waals surface area contributed by atoms with E-state index in [0.29, 0.717) is 0 Å². The summed E-state index contributed by atoms with van der Waals surface area (Å²) in [5.74, 6) is 2.12. The van der Waals surface area contributed by atoms with Crippen LogP contribution in [0.5, 0.6) is 5.75 Å². The lowest BCUT2D eigenvalue weighted by atomic mass is 10.1. The molecule has 5 nitrogen and oxygen atoms in total. The van der Waals surface area contributed by atoms with E-state index in [-0.39, 0.29) is 0 Å². The van der Waals surface area contributed by atoms with Crippen LogP contribution in [0.15, 0.2) is 42.6 Å². The molecule has 0 spiro atoms.